The highest BCUT2D eigenvalue weighted by molar-refractivity contribution is 7.99. The molecule has 0 saturated heterocycles. The second kappa shape index (κ2) is 7.97. The van der Waals surface area contributed by atoms with E-state index in [2.05, 4.69) is 10.2 Å². The second-order valence-electron chi connectivity index (χ2n) is 4.02. The standard InChI is InChI=1S/C11H19N3O3S/c1-2-7-14-10(17)12-13-11(14)18-8-5-3-4-6-9(15)16/h2-8H2,1H3,(H,12,17)(H,15,16). The number of thioether (sulfide) groups is 1. The Morgan fingerprint density at radius 1 is 1.44 bits per heavy atom. The summed E-state index contributed by atoms with van der Waals surface area (Å²) in [5.74, 6) is 0.111. The van der Waals surface area contributed by atoms with Gasteiger partial charge in [0.2, 0.25) is 0 Å². The highest BCUT2D eigenvalue weighted by Crippen LogP contribution is 2.16. The predicted octanol–water partition coefficient (Wildman–Crippen LogP) is 1.72. The van der Waals surface area contributed by atoms with Crippen molar-refractivity contribution in [2.45, 2.75) is 50.7 Å². The first-order valence-corrected chi connectivity index (χ1v) is 7.13. The molecule has 0 bridgehead atoms. The molecule has 0 aliphatic heterocycles. The Morgan fingerprint density at radius 3 is 2.89 bits per heavy atom. The molecule has 1 heterocycles. The number of H-pyrrole nitrogens is 1. The molecule has 1 rings (SSSR count). The molecule has 1 aromatic rings. The third-order valence-corrected chi connectivity index (χ3v) is 3.50. The molecular formula is C11H19N3O3S. The van der Waals surface area contributed by atoms with Gasteiger partial charge < -0.3 is 5.11 Å². The summed E-state index contributed by atoms with van der Waals surface area (Å²) in [5, 5.41) is 15.6. The fraction of sp³-hybridized carbons (Fsp3) is 0.727. The average Bonchev–Trinajstić information content (AvgIpc) is 2.66. The van der Waals surface area contributed by atoms with Crippen molar-refractivity contribution in [2.75, 3.05) is 5.75 Å². The maximum Gasteiger partial charge on any atom is 0.343 e. The minimum Gasteiger partial charge on any atom is -0.481 e. The SMILES string of the molecule is CCCn1c(SCCCCCC(=O)O)n[nH]c1=O. The van der Waals surface area contributed by atoms with Gasteiger partial charge in [0.05, 0.1) is 0 Å². The van der Waals surface area contributed by atoms with Crippen molar-refractivity contribution in [1.29, 1.82) is 0 Å². The van der Waals surface area contributed by atoms with E-state index in [-0.39, 0.29) is 12.1 Å². The summed E-state index contributed by atoms with van der Waals surface area (Å²) in [5.41, 5.74) is -0.162. The number of carbonyl (C=O) groups is 1. The van der Waals surface area contributed by atoms with E-state index in [0.29, 0.717) is 13.0 Å². The summed E-state index contributed by atoms with van der Waals surface area (Å²) in [6.07, 6.45) is 3.66. The molecule has 0 amide bonds. The van der Waals surface area contributed by atoms with Gasteiger partial charge in [0.15, 0.2) is 5.16 Å². The number of rotatable bonds is 9. The number of nitrogens with zero attached hydrogens (tertiary/aromatic N) is 2. The second-order valence-corrected chi connectivity index (χ2v) is 5.08. The smallest absolute Gasteiger partial charge is 0.343 e. The number of unbranched alkanes of at least 4 members (excludes halogenated alkanes) is 2. The van der Waals surface area contributed by atoms with Gasteiger partial charge in [-0.2, -0.15) is 0 Å². The Labute approximate surface area is 110 Å². The third-order valence-electron chi connectivity index (χ3n) is 2.44. The minimum atomic E-state index is -0.744. The Hall–Kier alpha value is -1.24. The molecule has 0 aliphatic rings. The summed E-state index contributed by atoms with van der Waals surface area (Å²) < 4.78 is 1.64. The number of aliphatic carboxylic acids is 1. The van der Waals surface area contributed by atoms with Crippen LogP contribution in [0.1, 0.15) is 39.0 Å². The highest BCUT2D eigenvalue weighted by Gasteiger charge is 2.07. The summed E-state index contributed by atoms with van der Waals surface area (Å²) in [7, 11) is 0. The molecule has 18 heavy (non-hydrogen) atoms. The topological polar surface area (TPSA) is 88.0 Å². The van der Waals surface area contributed by atoms with Gasteiger partial charge in [0.1, 0.15) is 0 Å². The van der Waals surface area contributed by atoms with Crippen LogP contribution in [0.25, 0.3) is 0 Å². The monoisotopic (exact) mass is 273 g/mol. The zero-order valence-corrected chi connectivity index (χ0v) is 11.3. The van der Waals surface area contributed by atoms with Gasteiger partial charge in [-0.15, -0.1) is 5.10 Å². The lowest BCUT2D eigenvalue weighted by molar-refractivity contribution is -0.137. The third kappa shape index (κ3) is 4.95. The van der Waals surface area contributed by atoms with Crippen LogP contribution < -0.4 is 5.69 Å². The van der Waals surface area contributed by atoms with E-state index in [1.54, 1.807) is 4.57 Å². The molecule has 1 aromatic heterocycles. The largest absolute Gasteiger partial charge is 0.481 e. The highest BCUT2D eigenvalue weighted by atomic mass is 32.2. The molecule has 0 radical (unpaired) electrons. The van der Waals surface area contributed by atoms with Gasteiger partial charge in [-0.25, -0.2) is 9.89 Å². The Kier molecular flexibility index (Phi) is 6.56. The van der Waals surface area contributed by atoms with Gasteiger partial charge >= 0.3 is 11.7 Å². The number of hydrogen-bond acceptors (Lipinski definition) is 4. The molecule has 6 nitrogen and oxygen atoms in total. The van der Waals surface area contributed by atoms with E-state index in [4.69, 9.17) is 5.11 Å². The average molecular weight is 273 g/mol. The van der Waals surface area contributed by atoms with Gasteiger partial charge in [0, 0.05) is 18.7 Å². The Balaban J connectivity index is 2.27. The van der Waals surface area contributed by atoms with Gasteiger partial charge in [-0.3, -0.25) is 9.36 Å². The quantitative estimate of drug-likeness (QED) is 0.528. The zero-order chi connectivity index (χ0) is 13.4. The number of nitrogens with one attached hydrogen (secondary N) is 1. The van der Waals surface area contributed by atoms with Crippen molar-refractivity contribution < 1.29 is 9.90 Å². The van der Waals surface area contributed by atoms with Crippen molar-refractivity contribution in [3.05, 3.63) is 10.5 Å². The van der Waals surface area contributed by atoms with Crippen molar-refractivity contribution in [1.82, 2.24) is 14.8 Å². The van der Waals surface area contributed by atoms with E-state index < -0.39 is 5.97 Å². The maximum atomic E-state index is 11.4. The van der Waals surface area contributed by atoms with E-state index in [1.165, 1.54) is 11.8 Å². The van der Waals surface area contributed by atoms with Crippen molar-refractivity contribution >= 4 is 17.7 Å². The number of carboxylic acids is 1. The molecule has 2 N–H and O–H groups in total. The molecule has 0 unspecified atom stereocenters. The van der Waals surface area contributed by atoms with Crippen LogP contribution in [0.3, 0.4) is 0 Å². The van der Waals surface area contributed by atoms with Crippen LogP contribution in [-0.2, 0) is 11.3 Å². The van der Waals surface area contributed by atoms with E-state index in [0.717, 1.165) is 30.2 Å². The molecule has 0 saturated carbocycles. The molecule has 0 atom stereocenters. The number of aromatic amines is 1. The van der Waals surface area contributed by atoms with E-state index in [9.17, 15) is 9.59 Å². The van der Waals surface area contributed by atoms with Crippen molar-refractivity contribution in [3.8, 4) is 0 Å². The molecule has 102 valence electrons. The van der Waals surface area contributed by atoms with Crippen molar-refractivity contribution in [2.24, 2.45) is 0 Å². The molecule has 7 heteroatoms. The number of aromatic nitrogens is 3. The first kappa shape index (κ1) is 14.8. The van der Waals surface area contributed by atoms with Gasteiger partial charge in [-0.1, -0.05) is 25.1 Å². The molecule has 0 aromatic carbocycles. The number of carboxylic acid groups (broad SMARTS) is 1. The normalized spacial score (nSPS) is 10.7. The lowest BCUT2D eigenvalue weighted by Gasteiger charge is -2.03. The minimum absolute atomic E-state index is 0.162. The lowest BCUT2D eigenvalue weighted by Crippen LogP contribution is -2.17. The maximum absolute atomic E-state index is 11.4. The van der Waals surface area contributed by atoms with E-state index >= 15 is 0 Å². The van der Waals surface area contributed by atoms with Crippen LogP contribution in [0.4, 0.5) is 0 Å². The first-order chi connectivity index (χ1) is 8.65. The van der Waals surface area contributed by atoms with Crippen molar-refractivity contribution in [3.63, 3.8) is 0 Å². The lowest BCUT2D eigenvalue weighted by atomic mass is 10.2. The van der Waals surface area contributed by atoms with Crippen LogP contribution in [-0.4, -0.2) is 31.6 Å². The van der Waals surface area contributed by atoms with Crippen LogP contribution in [0.15, 0.2) is 9.95 Å². The Morgan fingerprint density at radius 2 is 2.22 bits per heavy atom. The van der Waals surface area contributed by atoms with Crippen LogP contribution in [0.5, 0.6) is 0 Å². The zero-order valence-electron chi connectivity index (χ0n) is 10.5. The van der Waals surface area contributed by atoms with Gasteiger partial charge in [0.25, 0.3) is 0 Å². The summed E-state index contributed by atoms with van der Waals surface area (Å²) in [6.45, 7) is 2.69. The predicted molar refractivity (Wildman–Crippen MR) is 70.0 cm³/mol. The van der Waals surface area contributed by atoms with Crippen LogP contribution >= 0.6 is 11.8 Å². The summed E-state index contributed by atoms with van der Waals surface area (Å²) >= 11 is 1.54. The van der Waals surface area contributed by atoms with Crippen LogP contribution in [0.2, 0.25) is 0 Å². The molecular weight excluding hydrogens is 254 g/mol. The molecule has 0 fully saturated rings. The summed E-state index contributed by atoms with van der Waals surface area (Å²) in [6, 6.07) is 0. The molecule has 0 spiro atoms. The van der Waals surface area contributed by atoms with E-state index in [1.807, 2.05) is 6.92 Å². The fourth-order valence-electron chi connectivity index (χ4n) is 1.55. The van der Waals surface area contributed by atoms with Gasteiger partial charge in [-0.05, 0) is 19.3 Å². The number of hydrogen-bond donors (Lipinski definition) is 2. The summed E-state index contributed by atoms with van der Waals surface area (Å²) in [4.78, 5) is 21.7. The Bertz CT molecular complexity index is 427. The molecule has 0 aliphatic carbocycles. The fourth-order valence-corrected chi connectivity index (χ4v) is 2.52. The first-order valence-electron chi connectivity index (χ1n) is 6.15. The van der Waals surface area contributed by atoms with Crippen LogP contribution in [0, 0.1) is 0 Å².